The minimum atomic E-state index is -3.88. The zero-order valence-electron chi connectivity index (χ0n) is 23.0. The second-order valence-electron chi connectivity index (χ2n) is 12.1. The molecule has 8 rings (SSSR count). The van der Waals surface area contributed by atoms with Crippen molar-refractivity contribution in [1.82, 2.24) is 0 Å². The lowest BCUT2D eigenvalue weighted by Crippen LogP contribution is -2.41. The van der Waals surface area contributed by atoms with Gasteiger partial charge in [0.1, 0.15) is 0 Å². The highest BCUT2D eigenvalue weighted by molar-refractivity contribution is 9.10. The number of halogens is 1. The van der Waals surface area contributed by atoms with Crippen molar-refractivity contribution in [3.05, 3.63) is 107 Å². The molecule has 0 aromatic heterocycles. The third-order valence-electron chi connectivity index (χ3n) is 9.19. The van der Waals surface area contributed by atoms with Crippen LogP contribution < -0.4 is 0 Å². The molecule has 1 fully saturated rings. The van der Waals surface area contributed by atoms with Crippen LogP contribution in [0.2, 0.25) is 0 Å². The van der Waals surface area contributed by atoms with Gasteiger partial charge in [0.15, 0.2) is 5.79 Å². The molecule has 3 aliphatic rings. The fraction of sp³-hybridized carbons (Fsp3) is 0.257. The van der Waals surface area contributed by atoms with Crippen LogP contribution in [0.3, 0.4) is 0 Å². The molecule has 0 amide bonds. The number of benzene rings is 5. The van der Waals surface area contributed by atoms with Gasteiger partial charge in [-0.2, -0.15) is 0 Å². The van der Waals surface area contributed by atoms with Crippen LogP contribution in [0, 0.1) is 18.8 Å². The fourth-order valence-electron chi connectivity index (χ4n) is 7.29. The maximum Gasteiger partial charge on any atom is 0.204 e. The number of alkyl halides is 1. The van der Waals surface area contributed by atoms with Crippen LogP contribution in [-0.4, -0.2) is 31.2 Å². The second kappa shape index (κ2) is 8.51. The van der Waals surface area contributed by atoms with E-state index < -0.39 is 19.9 Å². The molecule has 5 aromatic rings. The molecule has 6 heteroatoms. The number of fused-ring (bicyclic) bond motifs is 1. The molecule has 0 N–H and O–H groups in total. The smallest absolute Gasteiger partial charge is 0.204 e. The molecule has 3 unspecified atom stereocenters. The monoisotopic (exact) mass is 624 g/mol. The van der Waals surface area contributed by atoms with E-state index in [1.165, 1.54) is 16.2 Å². The van der Waals surface area contributed by atoms with E-state index in [-0.39, 0.29) is 17.9 Å². The molecular weight excluding hydrogens is 596 g/mol. The first-order valence-corrected chi connectivity index (χ1v) is 16.3. The van der Waals surface area contributed by atoms with E-state index in [1.807, 2.05) is 39.0 Å². The molecule has 2 aliphatic carbocycles. The van der Waals surface area contributed by atoms with Crippen LogP contribution in [0.5, 0.6) is 0 Å². The van der Waals surface area contributed by atoms with E-state index in [4.69, 9.17) is 9.47 Å². The summed E-state index contributed by atoms with van der Waals surface area (Å²) in [5, 5.41) is 6.92. The fourth-order valence-corrected chi connectivity index (χ4v) is 10.6. The van der Waals surface area contributed by atoms with Gasteiger partial charge in [0.2, 0.25) is 9.84 Å². The van der Waals surface area contributed by atoms with Crippen molar-refractivity contribution in [1.29, 1.82) is 0 Å². The molecule has 206 valence electrons. The zero-order valence-corrected chi connectivity index (χ0v) is 25.4. The summed E-state index contributed by atoms with van der Waals surface area (Å²) in [6, 6.07) is 26.4. The lowest BCUT2D eigenvalue weighted by atomic mass is 9.74. The van der Waals surface area contributed by atoms with Crippen LogP contribution in [0.25, 0.3) is 37.9 Å². The molecule has 4 atom stereocenters. The number of rotatable bonds is 4. The van der Waals surface area contributed by atoms with Gasteiger partial charge in [-0.25, -0.2) is 8.42 Å². The number of aryl methyl sites for hydroxylation is 1. The summed E-state index contributed by atoms with van der Waals surface area (Å²) in [5.41, 5.74) is 2.78. The van der Waals surface area contributed by atoms with Gasteiger partial charge in [0.25, 0.3) is 0 Å². The Morgan fingerprint density at radius 2 is 1.51 bits per heavy atom. The maximum atomic E-state index is 14.7. The zero-order chi connectivity index (χ0) is 28.3. The SMILES string of the molecule is Cc1ccc(S(=O)(=O)C2=C(c3ccc4ccc5cccc6ccc3c4c56)C([C@H]3COC(C)(C)O3)C3C=CC23Br)cc1. The average Bonchev–Trinajstić information content (AvgIpc) is 3.39. The number of sulfone groups is 1. The van der Waals surface area contributed by atoms with E-state index in [2.05, 4.69) is 76.6 Å². The summed E-state index contributed by atoms with van der Waals surface area (Å²) in [6.45, 7) is 6.21. The topological polar surface area (TPSA) is 52.6 Å². The first-order chi connectivity index (χ1) is 19.6. The molecule has 1 aliphatic heterocycles. The summed E-state index contributed by atoms with van der Waals surface area (Å²) in [5.74, 6) is -1.04. The molecule has 0 spiro atoms. The molecule has 0 bridgehead atoms. The van der Waals surface area contributed by atoms with Gasteiger partial charge in [-0.3, -0.25) is 0 Å². The van der Waals surface area contributed by atoms with Crippen molar-refractivity contribution in [2.24, 2.45) is 11.8 Å². The molecular formula is C35H29BrO4S. The van der Waals surface area contributed by atoms with Gasteiger partial charge in [-0.05, 0) is 76.4 Å². The Labute approximate surface area is 248 Å². The Balaban J connectivity index is 1.47. The van der Waals surface area contributed by atoms with Crippen molar-refractivity contribution in [3.8, 4) is 0 Å². The second-order valence-corrected chi connectivity index (χ2v) is 15.3. The van der Waals surface area contributed by atoms with Crippen LogP contribution in [-0.2, 0) is 19.3 Å². The van der Waals surface area contributed by atoms with Crippen molar-refractivity contribution >= 4 is 63.7 Å². The lowest BCUT2D eigenvalue weighted by molar-refractivity contribution is -0.143. The van der Waals surface area contributed by atoms with Crippen molar-refractivity contribution in [2.75, 3.05) is 6.61 Å². The largest absolute Gasteiger partial charge is 0.348 e. The highest BCUT2D eigenvalue weighted by Crippen LogP contribution is 2.64. The highest BCUT2D eigenvalue weighted by atomic mass is 79.9. The quantitative estimate of drug-likeness (QED) is 0.115. The van der Waals surface area contributed by atoms with E-state index in [0.29, 0.717) is 16.4 Å². The predicted octanol–water partition coefficient (Wildman–Crippen LogP) is 8.18. The first-order valence-electron chi connectivity index (χ1n) is 14.0. The minimum Gasteiger partial charge on any atom is -0.348 e. The third kappa shape index (κ3) is 3.54. The van der Waals surface area contributed by atoms with Crippen LogP contribution in [0.1, 0.15) is 25.0 Å². The Hall–Kier alpha value is -3.03. The summed E-state index contributed by atoms with van der Waals surface area (Å²) in [7, 11) is -3.88. The maximum absolute atomic E-state index is 14.7. The number of ether oxygens (including phenoxy) is 2. The van der Waals surface area contributed by atoms with Gasteiger partial charge >= 0.3 is 0 Å². The summed E-state index contributed by atoms with van der Waals surface area (Å²) >= 11 is 3.97. The Kier molecular flexibility index (Phi) is 5.33. The Morgan fingerprint density at radius 3 is 2.15 bits per heavy atom. The van der Waals surface area contributed by atoms with Crippen molar-refractivity contribution in [3.63, 3.8) is 0 Å². The van der Waals surface area contributed by atoms with Gasteiger partial charge in [-0.15, -0.1) is 0 Å². The lowest BCUT2D eigenvalue weighted by Gasteiger charge is -2.38. The van der Waals surface area contributed by atoms with Gasteiger partial charge < -0.3 is 9.47 Å². The summed E-state index contributed by atoms with van der Waals surface area (Å²) in [4.78, 5) is 0.713. The molecule has 1 saturated heterocycles. The first kappa shape index (κ1) is 25.7. The van der Waals surface area contributed by atoms with E-state index in [9.17, 15) is 8.42 Å². The Bertz CT molecular complexity index is 2040. The number of hydrogen-bond acceptors (Lipinski definition) is 4. The molecule has 1 heterocycles. The van der Waals surface area contributed by atoms with E-state index in [0.717, 1.165) is 32.9 Å². The van der Waals surface area contributed by atoms with Gasteiger partial charge in [0, 0.05) is 11.8 Å². The van der Waals surface area contributed by atoms with E-state index in [1.54, 1.807) is 12.1 Å². The van der Waals surface area contributed by atoms with Crippen molar-refractivity contribution in [2.45, 2.75) is 41.9 Å². The summed E-state index contributed by atoms with van der Waals surface area (Å²) < 4.78 is 41.1. The normalized spacial score (nSPS) is 27.3. The predicted molar refractivity (Wildman–Crippen MR) is 168 cm³/mol. The number of allylic oxidation sites excluding steroid dienone is 3. The molecule has 41 heavy (non-hydrogen) atoms. The van der Waals surface area contributed by atoms with Crippen LogP contribution in [0.4, 0.5) is 0 Å². The average molecular weight is 626 g/mol. The summed E-state index contributed by atoms with van der Waals surface area (Å²) in [6.07, 6.45) is 3.83. The molecule has 0 saturated carbocycles. The van der Waals surface area contributed by atoms with Gasteiger partial charge in [-0.1, -0.05) is 100 Å². The minimum absolute atomic E-state index is 0.0891. The van der Waals surface area contributed by atoms with Crippen molar-refractivity contribution < 1.29 is 17.9 Å². The third-order valence-corrected chi connectivity index (χ3v) is 12.6. The van der Waals surface area contributed by atoms with Crippen LogP contribution in [0.15, 0.2) is 101 Å². The van der Waals surface area contributed by atoms with Gasteiger partial charge in [0.05, 0.1) is 26.8 Å². The highest BCUT2D eigenvalue weighted by Gasteiger charge is 2.61. The Morgan fingerprint density at radius 1 is 0.854 bits per heavy atom. The molecule has 4 nitrogen and oxygen atoms in total. The van der Waals surface area contributed by atoms with Crippen LogP contribution >= 0.6 is 15.9 Å². The molecule has 5 aromatic carbocycles. The standard InChI is InChI=1S/C35H29BrO4S/c1-20-7-13-24(14-8-20)41(37,38)33-31(32(27-17-18-35(27,33)36)28-19-39-34(2,3)40-28)26-16-12-23-10-9-21-5-4-6-22-11-15-25(26)30(23)29(21)22/h4-18,27-28,32H,19H2,1-3H3/t27?,28-,32?,35?/m1/s1. The number of hydrogen-bond donors (Lipinski definition) is 0. The van der Waals surface area contributed by atoms with E-state index >= 15 is 0 Å². The molecule has 0 radical (unpaired) electrons.